The number of carbonyl (C=O) groups excluding carboxylic acids is 3. The Bertz CT molecular complexity index is 244. The first-order chi connectivity index (χ1) is 6.60. The highest BCUT2D eigenvalue weighted by Crippen LogP contribution is 2.30. The summed E-state index contributed by atoms with van der Waals surface area (Å²) >= 11 is 0. The fraction of sp³-hybridized carbons (Fsp3) is 0.667. The smallest absolute Gasteiger partial charge is 0.309 e. The number of ketones is 1. The molecule has 5 nitrogen and oxygen atoms in total. The second-order valence-electron chi connectivity index (χ2n) is 3.21. The van der Waals surface area contributed by atoms with E-state index in [0.717, 1.165) is 0 Å². The Labute approximate surface area is 81.4 Å². The van der Waals surface area contributed by atoms with Crippen molar-refractivity contribution in [1.29, 1.82) is 0 Å². The van der Waals surface area contributed by atoms with Crippen molar-refractivity contribution in [2.45, 2.75) is 12.8 Å². The molecule has 78 valence electrons. The van der Waals surface area contributed by atoms with Gasteiger partial charge in [-0.25, -0.2) is 0 Å². The van der Waals surface area contributed by atoms with E-state index < -0.39 is 23.8 Å². The van der Waals surface area contributed by atoms with E-state index in [0.29, 0.717) is 0 Å². The molecular weight excluding hydrogens is 188 g/mol. The van der Waals surface area contributed by atoms with Crippen LogP contribution in [-0.2, 0) is 23.9 Å². The van der Waals surface area contributed by atoms with Gasteiger partial charge in [0.1, 0.15) is 5.78 Å². The molecule has 0 aromatic rings. The van der Waals surface area contributed by atoms with Gasteiger partial charge in [0.25, 0.3) is 0 Å². The summed E-state index contributed by atoms with van der Waals surface area (Å²) in [7, 11) is 2.47. The summed E-state index contributed by atoms with van der Waals surface area (Å²) in [5.41, 5.74) is 0. The standard InChI is InChI=1S/C9H12O5/c1-13-8(11)6-3-5(10)4-7(6)9(12)14-2/h6-7H,3-4H2,1-2H3/t6-,7?/m1/s1. The molecule has 0 amide bonds. The lowest BCUT2D eigenvalue weighted by Gasteiger charge is -2.13. The molecule has 0 aliphatic heterocycles. The molecule has 1 saturated carbocycles. The average molecular weight is 200 g/mol. The number of hydrogen-bond donors (Lipinski definition) is 0. The van der Waals surface area contributed by atoms with Crippen LogP contribution in [0.5, 0.6) is 0 Å². The lowest BCUT2D eigenvalue weighted by Crippen LogP contribution is -2.27. The molecule has 0 aromatic heterocycles. The largest absolute Gasteiger partial charge is 0.469 e. The van der Waals surface area contributed by atoms with Crippen LogP contribution in [0.3, 0.4) is 0 Å². The van der Waals surface area contributed by atoms with Crippen molar-refractivity contribution in [3.05, 3.63) is 0 Å². The normalized spacial score (nSPS) is 26.0. The number of rotatable bonds is 2. The fourth-order valence-corrected chi connectivity index (χ4v) is 1.66. The number of ether oxygens (including phenoxy) is 2. The van der Waals surface area contributed by atoms with E-state index in [1.165, 1.54) is 14.2 Å². The first-order valence-electron chi connectivity index (χ1n) is 4.27. The van der Waals surface area contributed by atoms with Gasteiger partial charge in [-0.3, -0.25) is 14.4 Å². The highest BCUT2D eigenvalue weighted by molar-refractivity contribution is 5.95. The second kappa shape index (κ2) is 4.21. The van der Waals surface area contributed by atoms with Crippen LogP contribution in [0.2, 0.25) is 0 Å². The lowest BCUT2D eigenvalue weighted by molar-refractivity contribution is -0.156. The van der Waals surface area contributed by atoms with Gasteiger partial charge in [-0.2, -0.15) is 0 Å². The highest BCUT2D eigenvalue weighted by Gasteiger charge is 2.43. The zero-order valence-corrected chi connectivity index (χ0v) is 8.11. The summed E-state index contributed by atoms with van der Waals surface area (Å²) in [5, 5.41) is 0. The lowest BCUT2D eigenvalue weighted by atomic mass is 9.96. The quantitative estimate of drug-likeness (QED) is 0.583. The predicted molar refractivity (Wildman–Crippen MR) is 45.3 cm³/mol. The Morgan fingerprint density at radius 1 is 1.07 bits per heavy atom. The van der Waals surface area contributed by atoms with E-state index in [9.17, 15) is 14.4 Å². The zero-order valence-electron chi connectivity index (χ0n) is 8.11. The summed E-state index contributed by atoms with van der Waals surface area (Å²) in [4.78, 5) is 33.5. The molecule has 0 aromatic carbocycles. The fourth-order valence-electron chi connectivity index (χ4n) is 1.66. The molecule has 2 atom stereocenters. The minimum Gasteiger partial charge on any atom is -0.469 e. The van der Waals surface area contributed by atoms with E-state index >= 15 is 0 Å². The molecule has 0 bridgehead atoms. The molecule has 5 heteroatoms. The molecule has 1 fully saturated rings. The van der Waals surface area contributed by atoms with Crippen LogP contribution in [0.4, 0.5) is 0 Å². The van der Waals surface area contributed by atoms with Gasteiger partial charge < -0.3 is 9.47 Å². The molecule has 0 N–H and O–H groups in total. The van der Waals surface area contributed by atoms with Gasteiger partial charge in [0, 0.05) is 12.8 Å². The van der Waals surface area contributed by atoms with Gasteiger partial charge in [-0.15, -0.1) is 0 Å². The zero-order chi connectivity index (χ0) is 10.7. The van der Waals surface area contributed by atoms with E-state index in [1.807, 2.05) is 0 Å². The summed E-state index contributed by atoms with van der Waals surface area (Å²) in [6.07, 6.45) is 0.152. The van der Waals surface area contributed by atoms with Crippen molar-refractivity contribution in [3.8, 4) is 0 Å². The van der Waals surface area contributed by atoms with Crippen molar-refractivity contribution < 1.29 is 23.9 Å². The maximum Gasteiger partial charge on any atom is 0.309 e. The van der Waals surface area contributed by atoms with E-state index in [4.69, 9.17) is 0 Å². The van der Waals surface area contributed by atoms with Gasteiger partial charge in [-0.1, -0.05) is 0 Å². The first kappa shape index (κ1) is 10.7. The summed E-state index contributed by atoms with van der Waals surface area (Å²) in [5.74, 6) is -2.48. The third-order valence-electron chi connectivity index (χ3n) is 2.39. The Morgan fingerprint density at radius 2 is 1.43 bits per heavy atom. The number of hydrogen-bond acceptors (Lipinski definition) is 5. The monoisotopic (exact) mass is 200 g/mol. The van der Waals surface area contributed by atoms with Gasteiger partial charge in [0.15, 0.2) is 0 Å². The van der Waals surface area contributed by atoms with Crippen molar-refractivity contribution in [2.75, 3.05) is 14.2 Å². The molecule has 0 saturated heterocycles. The van der Waals surface area contributed by atoms with Gasteiger partial charge in [0.05, 0.1) is 26.1 Å². The number of esters is 2. The van der Waals surface area contributed by atoms with Crippen molar-refractivity contribution in [1.82, 2.24) is 0 Å². The van der Waals surface area contributed by atoms with E-state index in [2.05, 4.69) is 9.47 Å². The summed E-state index contributed by atoms with van der Waals surface area (Å²) in [6, 6.07) is 0. The summed E-state index contributed by atoms with van der Waals surface area (Å²) < 4.78 is 9.02. The molecule has 14 heavy (non-hydrogen) atoms. The molecule has 0 radical (unpaired) electrons. The van der Waals surface area contributed by atoms with Crippen LogP contribution in [-0.4, -0.2) is 31.9 Å². The molecule has 1 aliphatic rings. The van der Waals surface area contributed by atoms with Crippen molar-refractivity contribution >= 4 is 17.7 Å². The van der Waals surface area contributed by atoms with Crippen LogP contribution in [0.15, 0.2) is 0 Å². The second-order valence-corrected chi connectivity index (χ2v) is 3.21. The van der Waals surface area contributed by atoms with Crippen LogP contribution >= 0.6 is 0 Å². The topological polar surface area (TPSA) is 69.7 Å². The number of methoxy groups -OCH3 is 2. The molecule has 1 aliphatic carbocycles. The van der Waals surface area contributed by atoms with Crippen molar-refractivity contribution in [3.63, 3.8) is 0 Å². The molecule has 1 unspecified atom stereocenters. The SMILES string of the molecule is COC(=O)C1CC(=O)C[C@H]1C(=O)OC. The molecule has 1 rings (SSSR count). The first-order valence-corrected chi connectivity index (χ1v) is 4.27. The van der Waals surface area contributed by atoms with Crippen LogP contribution < -0.4 is 0 Å². The minimum atomic E-state index is -0.667. The third-order valence-corrected chi connectivity index (χ3v) is 2.39. The maximum atomic E-state index is 11.2. The predicted octanol–water partition coefficient (Wildman–Crippen LogP) is -0.0723. The van der Waals surface area contributed by atoms with E-state index in [1.54, 1.807) is 0 Å². The number of carbonyl (C=O) groups is 3. The Hall–Kier alpha value is -1.39. The van der Waals surface area contributed by atoms with Gasteiger partial charge >= 0.3 is 11.9 Å². The Morgan fingerprint density at radius 3 is 1.71 bits per heavy atom. The van der Waals surface area contributed by atoms with Crippen molar-refractivity contribution in [2.24, 2.45) is 11.8 Å². The van der Waals surface area contributed by atoms with Crippen LogP contribution in [0, 0.1) is 11.8 Å². The van der Waals surface area contributed by atoms with Crippen LogP contribution in [0.1, 0.15) is 12.8 Å². The van der Waals surface area contributed by atoms with Gasteiger partial charge in [0.2, 0.25) is 0 Å². The molecular formula is C9H12O5. The third kappa shape index (κ3) is 1.92. The highest BCUT2D eigenvalue weighted by atomic mass is 16.5. The maximum absolute atomic E-state index is 11.2. The van der Waals surface area contributed by atoms with Crippen LogP contribution in [0.25, 0.3) is 0 Å². The Balaban J connectivity index is 2.77. The molecule has 0 spiro atoms. The minimum absolute atomic E-state index is 0.0758. The summed E-state index contributed by atoms with van der Waals surface area (Å²) in [6.45, 7) is 0. The Kier molecular flexibility index (Phi) is 3.22. The van der Waals surface area contributed by atoms with Gasteiger partial charge in [-0.05, 0) is 0 Å². The van der Waals surface area contributed by atoms with E-state index in [-0.39, 0.29) is 18.6 Å². The number of Topliss-reactive ketones (excluding diaryl/α,β-unsaturated/α-hetero) is 1. The average Bonchev–Trinajstić information content (AvgIpc) is 2.58. The molecule has 0 heterocycles.